The highest BCUT2D eigenvalue weighted by Gasteiger charge is 2.28. The second kappa shape index (κ2) is 15.1. The van der Waals surface area contributed by atoms with Crippen molar-refractivity contribution in [1.82, 2.24) is 10.2 Å². The fourth-order valence-electron chi connectivity index (χ4n) is 4.92. The summed E-state index contributed by atoms with van der Waals surface area (Å²) in [5, 5.41) is 23.2. The second-order valence-corrected chi connectivity index (χ2v) is 10.6. The summed E-state index contributed by atoms with van der Waals surface area (Å²) >= 11 is 0. The van der Waals surface area contributed by atoms with E-state index in [4.69, 9.17) is 9.47 Å². The van der Waals surface area contributed by atoms with E-state index >= 15 is 0 Å². The van der Waals surface area contributed by atoms with Crippen molar-refractivity contribution in [2.75, 3.05) is 38.2 Å². The molecule has 1 saturated heterocycles. The Labute approximate surface area is 255 Å². The molecule has 41 heavy (non-hydrogen) atoms. The SMILES string of the molecule is COc1cc(C(=O)N[C@H](CN2CCN(c3cccc(O)c3)[C@@H](C)C2)C(C)C)ccc1Oc1cc(C)ccc1O.Cl.Cl. The number of amides is 1. The number of aromatic hydroxyl groups is 2. The van der Waals surface area contributed by atoms with Gasteiger partial charge in [-0.3, -0.25) is 9.69 Å². The quantitative estimate of drug-likeness (QED) is 0.275. The summed E-state index contributed by atoms with van der Waals surface area (Å²) in [4.78, 5) is 18.0. The molecule has 0 aliphatic carbocycles. The van der Waals surface area contributed by atoms with E-state index in [1.807, 2.05) is 19.1 Å². The van der Waals surface area contributed by atoms with Crippen molar-refractivity contribution in [2.45, 2.75) is 39.8 Å². The van der Waals surface area contributed by atoms with Crippen LogP contribution in [-0.4, -0.2) is 66.4 Å². The highest BCUT2D eigenvalue weighted by atomic mass is 35.5. The molecule has 1 aliphatic rings. The zero-order valence-electron chi connectivity index (χ0n) is 24.2. The largest absolute Gasteiger partial charge is 0.508 e. The van der Waals surface area contributed by atoms with E-state index in [0.717, 1.165) is 37.4 Å². The van der Waals surface area contributed by atoms with E-state index in [1.165, 1.54) is 7.11 Å². The van der Waals surface area contributed by atoms with Gasteiger partial charge in [0.05, 0.1) is 7.11 Å². The van der Waals surface area contributed by atoms with Gasteiger partial charge in [-0.2, -0.15) is 0 Å². The zero-order chi connectivity index (χ0) is 28.1. The fourth-order valence-corrected chi connectivity index (χ4v) is 4.92. The van der Waals surface area contributed by atoms with Crippen molar-refractivity contribution in [2.24, 2.45) is 5.92 Å². The number of piperazine rings is 1. The van der Waals surface area contributed by atoms with Crippen LogP contribution in [0.4, 0.5) is 5.69 Å². The molecule has 1 heterocycles. The maximum atomic E-state index is 13.3. The molecule has 1 amide bonds. The van der Waals surface area contributed by atoms with Crippen LogP contribution in [0.3, 0.4) is 0 Å². The summed E-state index contributed by atoms with van der Waals surface area (Å²) in [6.07, 6.45) is 0. The molecule has 2 atom stereocenters. The average molecular weight is 607 g/mol. The normalized spacial score (nSPS) is 15.9. The zero-order valence-corrected chi connectivity index (χ0v) is 25.8. The first-order chi connectivity index (χ1) is 18.6. The van der Waals surface area contributed by atoms with Crippen molar-refractivity contribution in [3.05, 3.63) is 71.8 Å². The Balaban J connectivity index is 0.00000294. The lowest BCUT2D eigenvalue weighted by molar-refractivity contribution is 0.0902. The maximum Gasteiger partial charge on any atom is 0.251 e. The predicted octanol–water partition coefficient (Wildman–Crippen LogP) is 6.02. The number of nitrogens with one attached hydrogen (secondary N) is 1. The highest BCUT2D eigenvalue weighted by molar-refractivity contribution is 5.95. The van der Waals surface area contributed by atoms with Crippen LogP contribution in [0.2, 0.25) is 0 Å². The molecule has 4 rings (SSSR count). The molecule has 0 bridgehead atoms. The van der Waals surface area contributed by atoms with Gasteiger partial charge in [-0.15, -0.1) is 24.8 Å². The second-order valence-electron chi connectivity index (χ2n) is 10.6. The maximum absolute atomic E-state index is 13.3. The third-order valence-corrected chi connectivity index (χ3v) is 7.21. The number of aryl methyl sites for hydroxylation is 1. The molecule has 0 aromatic heterocycles. The highest BCUT2D eigenvalue weighted by Crippen LogP contribution is 2.37. The smallest absolute Gasteiger partial charge is 0.251 e. The number of halogens is 2. The molecule has 0 radical (unpaired) electrons. The van der Waals surface area contributed by atoms with E-state index in [9.17, 15) is 15.0 Å². The van der Waals surface area contributed by atoms with Crippen molar-refractivity contribution in [3.8, 4) is 28.7 Å². The molecule has 1 fully saturated rings. The van der Waals surface area contributed by atoms with Crippen molar-refractivity contribution >= 4 is 36.4 Å². The van der Waals surface area contributed by atoms with Gasteiger partial charge in [-0.1, -0.05) is 26.0 Å². The van der Waals surface area contributed by atoms with Crippen LogP contribution in [-0.2, 0) is 0 Å². The van der Waals surface area contributed by atoms with Crippen LogP contribution in [0.15, 0.2) is 60.7 Å². The average Bonchev–Trinajstić information content (AvgIpc) is 2.90. The lowest BCUT2D eigenvalue weighted by Gasteiger charge is -2.42. The molecular weight excluding hydrogens is 565 g/mol. The summed E-state index contributed by atoms with van der Waals surface area (Å²) in [6, 6.07) is 17.8. The van der Waals surface area contributed by atoms with Gasteiger partial charge in [0, 0.05) is 55.6 Å². The molecule has 3 aromatic rings. The van der Waals surface area contributed by atoms with Crippen molar-refractivity contribution in [1.29, 1.82) is 0 Å². The first-order valence-corrected chi connectivity index (χ1v) is 13.4. The first-order valence-electron chi connectivity index (χ1n) is 13.4. The molecule has 1 aliphatic heterocycles. The van der Waals surface area contributed by atoms with Crippen LogP contribution in [0.1, 0.15) is 36.7 Å². The Bertz CT molecular complexity index is 1310. The summed E-state index contributed by atoms with van der Waals surface area (Å²) in [5.41, 5.74) is 2.45. The lowest BCUT2D eigenvalue weighted by Crippen LogP contribution is -2.56. The Hall–Kier alpha value is -3.33. The van der Waals surface area contributed by atoms with Gasteiger partial charge in [0.2, 0.25) is 0 Å². The number of phenolic OH excluding ortho intramolecular Hbond substituents is 2. The molecule has 0 spiro atoms. The summed E-state index contributed by atoms with van der Waals surface area (Å²) in [5.74, 6) is 1.50. The molecule has 3 aromatic carbocycles. The van der Waals surface area contributed by atoms with Gasteiger partial charge in [-0.05, 0) is 67.8 Å². The number of carbonyl (C=O) groups excluding carboxylic acids is 1. The monoisotopic (exact) mass is 605 g/mol. The van der Waals surface area contributed by atoms with Crippen LogP contribution in [0.25, 0.3) is 0 Å². The van der Waals surface area contributed by atoms with E-state index < -0.39 is 0 Å². The summed E-state index contributed by atoms with van der Waals surface area (Å²) in [7, 11) is 1.52. The van der Waals surface area contributed by atoms with Crippen LogP contribution in [0.5, 0.6) is 28.7 Å². The minimum Gasteiger partial charge on any atom is -0.508 e. The van der Waals surface area contributed by atoms with Gasteiger partial charge in [0.25, 0.3) is 5.91 Å². The lowest BCUT2D eigenvalue weighted by atomic mass is 10.0. The van der Waals surface area contributed by atoms with E-state index in [2.05, 4.69) is 35.9 Å². The molecule has 10 heteroatoms. The Morgan fingerprint density at radius 2 is 1.76 bits per heavy atom. The van der Waals surface area contributed by atoms with E-state index in [1.54, 1.807) is 48.5 Å². The Morgan fingerprint density at radius 3 is 2.41 bits per heavy atom. The number of hydrogen-bond acceptors (Lipinski definition) is 7. The minimum atomic E-state index is -0.177. The Morgan fingerprint density at radius 1 is 1.00 bits per heavy atom. The molecule has 224 valence electrons. The molecular formula is C31H41Cl2N3O5. The van der Waals surface area contributed by atoms with Crippen molar-refractivity contribution in [3.63, 3.8) is 0 Å². The van der Waals surface area contributed by atoms with Crippen LogP contribution < -0.4 is 19.7 Å². The number of benzene rings is 3. The number of ether oxygens (including phenoxy) is 2. The minimum absolute atomic E-state index is 0. The van der Waals surface area contributed by atoms with Gasteiger partial charge in [0.1, 0.15) is 5.75 Å². The van der Waals surface area contributed by atoms with E-state index in [-0.39, 0.29) is 60.2 Å². The molecule has 0 unspecified atom stereocenters. The fraction of sp³-hybridized carbons (Fsp3) is 0.387. The van der Waals surface area contributed by atoms with Gasteiger partial charge in [0.15, 0.2) is 23.0 Å². The molecule has 8 nitrogen and oxygen atoms in total. The summed E-state index contributed by atoms with van der Waals surface area (Å²) < 4.78 is 11.4. The van der Waals surface area contributed by atoms with Crippen LogP contribution >= 0.6 is 24.8 Å². The molecule has 0 saturated carbocycles. The summed E-state index contributed by atoms with van der Waals surface area (Å²) in [6.45, 7) is 11.6. The number of anilines is 1. The Kier molecular flexibility index (Phi) is 12.4. The predicted molar refractivity (Wildman–Crippen MR) is 168 cm³/mol. The number of rotatable bonds is 9. The van der Waals surface area contributed by atoms with Gasteiger partial charge < -0.3 is 29.9 Å². The van der Waals surface area contributed by atoms with Gasteiger partial charge >= 0.3 is 0 Å². The number of methoxy groups -OCH3 is 1. The number of phenols is 2. The number of nitrogens with zero attached hydrogens (tertiary/aromatic N) is 2. The number of hydrogen-bond donors (Lipinski definition) is 3. The topological polar surface area (TPSA) is 94.5 Å². The number of carbonyl (C=O) groups is 1. The van der Waals surface area contributed by atoms with E-state index in [0.29, 0.717) is 22.8 Å². The van der Waals surface area contributed by atoms with Gasteiger partial charge in [-0.25, -0.2) is 0 Å². The van der Waals surface area contributed by atoms with Crippen LogP contribution in [0, 0.1) is 12.8 Å². The molecule has 3 N–H and O–H groups in total. The third-order valence-electron chi connectivity index (χ3n) is 7.21. The van der Waals surface area contributed by atoms with Crippen molar-refractivity contribution < 1.29 is 24.5 Å². The standard InChI is InChI=1S/C31H39N3O5.2ClH/c1-20(2)26(19-33-13-14-34(22(4)18-33)24-7-6-8-25(35)17-24)32-31(37)23-10-12-28(30(16-23)38-5)39-29-15-21(3)9-11-27(29)36;;/h6-12,15-17,20,22,26,35-36H,13-14,18-19H2,1-5H3,(H,32,37);2*1H/t22-,26+;;/m0../s1. The first kappa shape index (κ1) is 33.9. The third kappa shape index (κ3) is 8.58.